The lowest BCUT2D eigenvalue weighted by molar-refractivity contribution is -0.112. The SMILES string of the molecule is CCOc1cc(/C=C(\C#N)C(=O)Nc2ccc(OC)cc2)ccc1OCc1ccc(Cl)cc1Cl. The highest BCUT2D eigenvalue weighted by Crippen LogP contribution is 2.31. The van der Waals surface area contributed by atoms with E-state index in [1.165, 1.54) is 6.08 Å². The minimum Gasteiger partial charge on any atom is -0.497 e. The highest BCUT2D eigenvalue weighted by Gasteiger charge is 2.12. The summed E-state index contributed by atoms with van der Waals surface area (Å²) < 4.78 is 16.7. The first-order valence-corrected chi connectivity index (χ1v) is 11.1. The number of anilines is 1. The number of hydrogen-bond donors (Lipinski definition) is 1. The molecule has 0 spiro atoms. The lowest BCUT2D eigenvalue weighted by Crippen LogP contribution is -2.13. The Hall–Kier alpha value is -3.66. The van der Waals surface area contributed by atoms with Crippen molar-refractivity contribution in [2.45, 2.75) is 13.5 Å². The number of carbonyl (C=O) groups excluding carboxylic acids is 1. The Morgan fingerprint density at radius 2 is 1.79 bits per heavy atom. The third-order valence-corrected chi connectivity index (χ3v) is 5.28. The van der Waals surface area contributed by atoms with Crippen molar-refractivity contribution in [2.75, 3.05) is 19.0 Å². The maximum atomic E-state index is 12.6. The van der Waals surface area contributed by atoms with Gasteiger partial charge in [0.15, 0.2) is 11.5 Å². The van der Waals surface area contributed by atoms with E-state index in [0.717, 1.165) is 5.56 Å². The summed E-state index contributed by atoms with van der Waals surface area (Å²) in [5.74, 6) is 1.13. The van der Waals surface area contributed by atoms with E-state index in [0.29, 0.717) is 45.2 Å². The van der Waals surface area contributed by atoms with Crippen LogP contribution in [0.3, 0.4) is 0 Å². The summed E-state index contributed by atoms with van der Waals surface area (Å²) in [6, 6.07) is 19.1. The number of carbonyl (C=O) groups is 1. The van der Waals surface area contributed by atoms with Gasteiger partial charge in [0, 0.05) is 21.3 Å². The van der Waals surface area contributed by atoms with E-state index < -0.39 is 5.91 Å². The Bertz CT molecular complexity index is 1230. The topological polar surface area (TPSA) is 80.6 Å². The molecule has 0 saturated heterocycles. The summed E-state index contributed by atoms with van der Waals surface area (Å²) in [7, 11) is 1.56. The predicted octanol–water partition coefficient (Wildman–Crippen LogP) is 6.53. The number of halogens is 2. The monoisotopic (exact) mass is 496 g/mol. The van der Waals surface area contributed by atoms with Gasteiger partial charge in [-0.2, -0.15) is 5.26 Å². The number of methoxy groups -OCH3 is 1. The van der Waals surface area contributed by atoms with Gasteiger partial charge in [0.25, 0.3) is 5.91 Å². The number of nitriles is 1. The van der Waals surface area contributed by atoms with Gasteiger partial charge in [0.1, 0.15) is 24.0 Å². The van der Waals surface area contributed by atoms with Crippen LogP contribution in [0, 0.1) is 11.3 Å². The average molecular weight is 497 g/mol. The van der Waals surface area contributed by atoms with Crippen molar-refractivity contribution in [3.63, 3.8) is 0 Å². The normalized spacial score (nSPS) is 10.9. The molecule has 8 heteroatoms. The quantitative estimate of drug-likeness (QED) is 0.269. The third-order valence-electron chi connectivity index (χ3n) is 4.69. The summed E-state index contributed by atoms with van der Waals surface area (Å²) in [5, 5.41) is 13.3. The fourth-order valence-corrected chi connectivity index (χ4v) is 3.45. The Kier molecular flexibility index (Phi) is 8.80. The molecule has 0 saturated carbocycles. The van der Waals surface area contributed by atoms with E-state index in [1.807, 2.05) is 13.0 Å². The maximum absolute atomic E-state index is 12.6. The molecular formula is C26H22Cl2N2O4. The van der Waals surface area contributed by atoms with Crippen LogP contribution in [0.15, 0.2) is 66.2 Å². The lowest BCUT2D eigenvalue weighted by atomic mass is 10.1. The second-order valence-electron chi connectivity index (χ2n) is 7.02. The van der Waals surface area contributed by atoms with Crippen molar-refractivity contribution >= 4 is 40.9 Å². The first kappa shape index (κ1) is 25.0. The van der Waals surface area contributed by atoms with Gasteiger partial charge < -0.3 is 19.5 Å². The summed E-state index contributed by atoms with van der Waals surface area (Å²) in [6.45, 7) is 2.48. The van der Waals surface area contributed by atoms with Gasteiger partial charge in [-0.1, -0.05) is 35.3 Å². The molecule has 3 rings (SSSR count). The van der Waals surface area contributed by atoms with Gasteiger partial charge in [-0.15, -0.1) is 0 Å². The molecule has 0 heterocycles. The molecule has 3 aromatic carbocycles. The number of nitrogens with one attached hydrogen (secondary N) is 1. The highest BCUT2D eigenvalue weighted by molar-refractivity contribution is 6.35. The largest absolute Gasteiger partial charge is 0.497 e. The van der Waals surface area contributed by atoms with E-state index in [9.17, 15) is 10.1 Å². The second-order valence-corrected chi connectivity index (χ2v) is 7.86. The molecule has 0 aliphatic carbocycles. The minimum atomic E-state index is -0.525. The first-order chi connectivity index (χ1) is 16.4. The molecular weight excluding hydrogens is 475 g/mol. The molecule has 0 unspecified atom stereocenters. The molecule has 6 nitrogen and oxygen atoms in total. The van der Waals surface area contributed by atoms with Gasteiger partial charge in [0.2, 0.25) is 0 Å². The molecule has 3 aromatic rings. The minimum absolute atomic E-state index is 0.0557. The molecule has 0 fully saturated rings. The van der Waals surface area contributed by atoms with E-state index >= 15 is 0 Å². The van der Waals surface area contributed by atoms with Gasteiger partial charge in [-0.05, 0) is 67.1 Å². The van der Waals surface area contributed by atoms with Crippen LogP contribution in [-0.2, 0) is 11.4 Å². The number of nitrogens with zero attached hydrogens (tertiary/aromatic N) is 1. The Balaban J connectivity index is 1.77. The van der Waals surface area contributed by atoms with Crippen molar-refractivity contribution in [2.24, 2.45) is 0 Å². The Morgan fingerprint density at radius 3 is 2.44 bits per heavy atom. The maximum Gasteiger partial charge on any atom is 0.266 e. The average Bonchev–Trinajstić information content (AvgIpc) is 2.83. The van der Waals surface area contributed by atoms with Crippen LogP contribution in [0.1, 0.15) is 18.1 Å². The van der Waals surface area contributed by atoms with Crippen LogP contribution in [0.5, 0.6) is 17.2 Å². The van der Waals surface area contributed by atoms with Crippen molar-refractivity contribution in [3.8, 4) is 23.3 Å². The molecule has 1 amide bonds. The third kappa shape index (κ3) is 6.67. The van der Waals surface area contributed by atoms with E-state index in [-0.39, 0.29) is 12.2 Å². The van der Waals surface area contributed by atoms with Gasteiger partial charge >= 0.3 is 0 Å². The van der Waals surface area contributed by atoms with Crippen LogP contribution in [-0.4, -0.2) is 19.6 Å². The van der Waals surface area contributed by atoms with Crippen LogP contribution in [0.25, 0.3) is 6.08 Å². The number of hydrogen-bond acceptors (Lipinski definition) is 5. The molecule has 0 radical (unpaired) electrons. The molecule has 0 aliphatic heterocycles. The molecule has 0 atom stereocenters. The van der Waals surface area contributed by atoms with Gasteiger partial charge in [0.05, 0.1) is 13.7 Å². The molecule has 0 bridgehead atoms. The number of amides is 1. The van der Waals surface area contributed by atoms with Crippen LogP contribution in [0.4, 0.5) is 5.69 Å². The zero-order valence-electron chi connectivity index (χ0n) is 18.6. The standard InChI is InChI=1S/C26H22Cl2N2O4/c1-3-33-25-13-17(4-11-24(25)34-16-18-5-6-20(27)14-23(18)28)12-19(15-29)26(31)30-21-7-9-22(32-2)10-8-21/h4-14H,3,16H2,1-2H3,(H,30,31)/b19-12+. The number of benzene rings is 3. The molecule has 1 N–H and O–H groups in total. The fraction of sp³-hybridized carbons (Fsp3) is 0.154. The summed E-state index contributed by atoms with van der Waals surface area (Å²) in [5.41, 5.74) is 1.88. The molecule has 34 heavy (non-hydrogen) atoms. The number of ether oxygens (including phenoxy) is 3. The number of rotatable bonds is 9. The smallest absolute Gasteiger partial charge is 0.266 e. The second kappa shape index (κ2) is 12.0. The summed E-state index contributed by atoms with van der Waals surface area (Å²) in [4.78, 5) is 12.6. The molecule has 174 valence electrons. The zero-order chi connectivity index (χ0) is 24.5. The molecule has 0 aromatic heterocycles. The van der Waals surface area contributed by atoms with Crippen LogP contribution >= 0.6 is 23.2 Å². The van der Waals surface area contributed by atoms with Crippen molar-refractivity contribution in [1.82, 2.24) is 0 Å². The zero-order valence-corrected chi connectivity index (χ0v) is 20.1. The fourth-order valence-electron chi connectivity index (χ4n) is 2.98. The van der Waals surface area contributed by atoms with Crippen LogP contribution in [0.2, 0.25) is 10.0 Å². The molecule has 0 aliphatic rings. The van der Waals surface area contributed by atoms with E-state index in [1.54, 1.807) is 67.8 Å². The van der Waals surface area contributed by atoms with Crippen molar-refractivity contribution < 1.29 is 19.0 Å². The van der Waals surface area contributed by atoms with E-state index in [2.05, 4.69) is 5.32 Å². The van der Waals surface area contributed by atoms with E-state index in [4.69, 9.17) is 37.4 Å². The van der Waals surface area contributed by atoms with Crippen LogP contribution < -0.4 is 19.5 Å². The Labute approximate surface area is 208 Å². The van der Waals surface area contributed by atoms with Gasteiger partial charge in [-0.25, -0.2) is 0 Å². The summed E-state index contributed by atoms with van der Waals surface area (Å²) >= 11 is 12.2. The van der Waals surface area contributed by atoms with Gasteiger partial charge in [-0.3, -0.25) is 4.79 Å². The van der Waals surface area contributed by atoms with Crippen molar-refractivity contribution in [1.29, 1.82) is 5.26 Å². The summed E-state index contributed by atoms with van der Waals surface area (Å²) in [6.07, 6.45) is 1.49. The lowest BCUT2D eigenvalue weighted by Gasteiger charge is -2.13. The first-order valence-electron chi connectivity index (χ1n) is 10.3. The highest BCUT2D eigenvalue weighted by atomic mass is 35.5. The van der Waals surface area contributed by atoms with Crippen molar-refractivity contribution in [3.05, 3.63) is 87.4 Å². The Morgan fingerprint density at radius 1 is 1.03 bits per heavy atom. The predicted molar refractivity (Wildman–Crippen MR) is 134 cm³/mol.